The van der Waals surface area contributed by atoms with Crippen LogP contribution in [-0.4, -0.2) is 20.0 Å². The second kappa shape index (κ2) is 7.52. The summed E-state index contributed by atoms with van der Waals surface area (Å²) in [5.74, 6) is 1.16. The molecular formula is C17H16ClNO3. The zero-order valence-corrected chi connectivity index (χ0v) is 13.1. The third-order valence-electron chi connectivity index (χ3n) is 3.00. The molecule has 2 rings (SSSR count). The summed E-state index contributed by atoms with van der Waals surface area (Å²) in [5, 5.41) is 3.62. The number of hydrogen-bond donors (Lipinski definition) is 1. The number of carbonyl (C=O) groups excluding carboxylic acids is 1. The highest BCUT2D eigenvalue weighted by atomic mass is 35.5. The number of halogens is 1. The molecular weight excluding hydrogens is 302 g/mol. The van der Waals surface area contributed by atoms with E-state index in [1.165, 1.54) is 6.08 Å². The first kappa shape index (κ1) is 15.9. The molecule has 5 heteroatoms. The monoisotopic (exact) mass is 317 g/mol. The van der Waals surface area contributed by atoms with Crippen LogP contribution in [0, 0.1) is 0 Å². The van der Waals surface area contributed by atoms with Crippen LogP contribution in [0.5, 0.6) is 11.5 Å². The molecule has 0 aliphatic rings. The van der Waals surface area contributed by atoms with Gasteiger partial charge in [-0.15, -0.1) is 0 Å². The number of allylic oxidation sites excluding steroid dienone is 1. The summed E-state index contributed by atoms with van der Waals surface area (Å²) in [6, 6.07) is 12.1. The summed E-state index contributed by atoms with van der Waals surface area (Å²) in [6.45, 7) is 0. The lowest BCUT2D eigenvalue weighted by Crippen LogP contribution is -1.97. The lowest BCUT2D eigenvalue weighted by atomic mass is 10.1. The van der Waals surface area contributed by atoms with Crippen LogP contribution in [0.2, 0.25) is 5.02 Å². The Morgan fingerprint density at radius 1 is 1.05 bits per heavy atom. The van der Waals surface area contributed by atoms with Crippen molar-refractivity contribution >= 4 is 23.1 Å². The Hall–Kier alpha value is -2.46. The van der Waals surface area contributed by atoms with Crippen LogP contribution in [0.1, 0.15) is 10.4 Å². The molecule has 0 spiro atoms. The van der Waals surface area contributed by atoms with Gasteiger partial charge in [-0.3, -0.25) is 4.79 Å². The summed E-state index contributed by atoms with van der Waals surface area (Å²) in [6.07, 6.45) is 3.04. The average Bonchev–Trinajstić information content (AvgIpc) is 2.55. The van der Waals surface area contributed by atoms with Gasteiger partial charge in [0.15, 0.2) is 17.3 Å². The molecule has 2 aromatic carbocycles. The lowest BCUT2D eigenvalue weighted by molar-refractivity contribution is 0.104. The summed E-state index contributed by atoms with van der Waals surface area (Å²) in [7, 11) is 3.15. The lowest BCUT2D eigenvalue weighted by Gasteiger charge is -2.09. The largest absolute Gasteiger partial charge is 0.493 e. The quantitative estimate of drug-likeness (QED) is 0.642. The zero-order valence-electron chi connectivity index (χ0n) is 12.3. The van der Waals surface area contributed by atoms with E-state index in [2.05, 4.69) is 5.32 Å². The maximum absolute atomic E-state index is 12.0. The van der Waals surface area contributed by atoms with Crippen LogP contribution < -0.4 is 14.8 Å². The minimum atomic E-state index is -0.107. The van der Waals surface area contributed by atoms with Crippen molar-refractivity contribution < 1.29 is 14.3 Å². The minimum Gasteiger partial charge on any atom is -0.493 e. The normalized spacial score (nSPS) is 10.5. The van der Waals surface area contributed by atoms with Gasteiger partial charge in [0.1, 0.15) is 0 Å². The van der Waals surface area contributed by atoms with E-state index < -0.39 is 0 Å². The Labute approximate surface area is 134 Å². The van der Waals surface area contributed by atoms with Crippen LogP contribution in [0.25, 0.3) is 0 Å². The Kier molecular flexibility index (Phi) is 5.44. The molecule has 0 bridgehead atoms. The molecule has 0 aliphatic carbocycles. The number of carbonyl (C=O) groups is 1. The van der Waals surface area contributed by atoms with Gasteiger partial charge in [-0.2, -0.15) is 0 Å². The molecule has 2 aromatic rings. The van der Waals surface area contributed by atoms with Gasteiger partial charge in [-0.05, 0) is 36.4 Å². The Morgan fingerprint density at radius 3 is 2.36 bits per heavy atom. The number of nitrogens with one attached hydrogen (secondary N) is 1. The van der Waals surface area contributed by atoms with Gasteiger partial charge < -0.3 is 14.8 Å². The number of ether oxygens (including phenoxy) is 2. The fourth-order valence-corrected chi connectivity index (χ4v) is 1.98. The molecule has 0 aliphatic heterocycles. The van der Waals surface area contributed by atoms with Crippen LogP contribution in [0.15, 0.2) is 54.7 Å². The number of rotatable bonds is 6. The first-order valence-corrected chi connectivity index (χ1v) is 6.97. The molecule has 114 valence electrons. The Balaban J connectivity index is 2.03. The van der Waals surface area contributed by atoms with Gasteiger partial charge in [0.05, 0.1) is 14.2 Å². The number of anilines is 1. The van der Waals surface area contributed by atoms with Gasteiger partial charge in [0.2, 0.25) is 0 Å². The van der Waals surface area contributed by atoms with E-state index >= 15 is 0 Å². The fourth-order valence-electron chi connectivity index (χ4n) is 1.85. The number of methoxy groups -OCH3 is 2. The van der Waals surface area contributed by atoms with Gasteiger partial charge >= 0.3 is 0 Å². The molecule has 1 N–H and O–H groups in total. The topological polar surface area (TPSA) is 47.6 Å². The first-order chi connectivity index (χ1) is 10.6. The average molecular weight is 318 g/mol. The minimum absolute atomic E-state index is 0.107. The van der Waals surface area contributed by atoms with Crippen molar-refractivity contribution in [3.63, 3.8) is 0 Å². The molecule has 0 atom stereocenters. The van der Waals surface area contributed by atoms with Gasteiger partial charge in [0.25, 0.3) is 0 Å². The van der Waals surface area contributed by atoms with E-state index in [4.69, 9.17) is 21.1 Å². The summed E-state index contributed by atoms with van der Waals surface area (Å²) >= 11 is 5.79. The van der Waals surface area contributed by atoms with Gasteiger partial charge in [0, 0.05) is 34.6 Å². The second-order valence-corrected chi connectivity index (χ2v) is 4.86. The van der Waals surface area contributed by atoms with E-state index in [1.54, 1.807) is 56.8 Å². The maximum atomic E-state index is 12.0. The SMILES string of the molecule is COc1ccc(N/C=C\C(=O)c2ccc(Cl)cc2)cc1OC. The zero-order chi connectivity index (χ0) is 15.9. The predicted molar refractivity (Wildman–Crippen MR) is 88.1 cm³/mol. The van der Waals surface area contributed by atoms with Gasteiger partial charge in [-0.1, -0.05) is 11.6 Å². The van der Waals surface area contributed by atoms with E-state index in [9.17, 15) is 4.79 Å². The molecule has 0 heterocycles. The molecule has 0 radical (unpaired) electrons. The third-order valence-corrected chi connectivity index (χ3v) is 3.25. The summed E-state index contributed by atoms with van der Waals surface area (Å²) in [4.78, 5) is 12.0. The van der Waals surface area contributed by atoms with Crippen molar-refractivity contribution in [2.45, 2.75) is 0 Å². The van der Waals surface area contributed by atoms with Gasteiger partial charge in [-0.25, -0.2) is 0 Å². The summed E-state index contributed by atoms with van der Waals surface area (Å²) in [5.41, 5.74) is 1.37. The van der Waals surface area contributed by atoms with Crippen molar-refractivity contribution in [2.75, 3.05) is 19.5 Å². The number of hydrogen-bond acceptors (Lipinski definition) is 4. The molecule has 4 nitrogen and oxygen atoms in total. The van der Waals surface area contributed by atoms with E-state index in [-0.39, 0.29) is 5.78 Å². The van der Waals surface area contributed by atoms with Crippen LogP contribution in [0.4, 0.5) is 5.69 Å². The predicted octanol–water partition coefficient (Wildman–Crippen LogP) is 4.17. The van der Waals surface area contributed by atoms with Crippen LogP contribution >= 0.6 is 11.6 Å². The Bertz CT molecular complexity index is 681. The van der Waals surface area contributed by atoms with Crippen molar-refractivity contribution in [2.24, 2.45) is 0 Å². The van der Waals surface area contributed by atoms with Crippen LogP contribution in [-0.2, 0) is 0 Å². The highest BCUT2D eigenvalue weighted by Gasteiger charge is 2.04. The highest BCUT2D eigenvalue weighted by Crippen LogP contribution is 2.29. The fraction of sp³-hybridized carbons (Fsp3) is 0.118. The molecule has 0 saturated carbocycles. The maximum Gasteiger partial charge on any atom is 0.187 e. The smallest absolute Gasteiger partial charge is 0.187 e. The van der Waals surface area contributed by atoms with Crippen molar-refractivity contribution in [1.82, 2.24) is 0 Å². The second-order valence-electron chi connectivity index (χ2n) is 4.42. The molecule has 0 saturated heterocycles. The Morgan fingerprint density at radius 2 is 1.73 bits per heavy atom. The van der Waals surface area contributed by atoms with Crippen molar-refractivity contribution in [1.29, 1.82) is 0 Å². The van der Waals surface area contributed by atoms with Crippen LogP contribution in [0.3, 0.4) is 0 Å². The number of benzene rings is 2. The standard InChI is InChI=1S/C17H16ClNO3/c1-21-16-8-7-14(11-17(16)22-2)19-10-9-15(20)12-3-5-13(18)6-4-12/h3-11,19H,1-2H3/b10-9-. The molecule has 22 heavy (non-hydrogen) atoms. The van der Waals surface area contributed by atoms with E-state index in [0.717, 1.165) is 5.69 Å². The van der Waals surface area contributed by atoms with E-state index in [1.807, 2.05) is 6.07 Å². The number of ketones is 1. The molecule has 0 amide bonds. The highest BCUT2D eigenvalue weighted by molar-refractivity contribution is 6.30. The molecule has 0 aromatic heterocycles. The summed E-state index contributed by atoms with van der Waals surface area (Å²) < 4.78 is 10.4. The first-order valence-electron chi connectivity index (χ1n) is 6.59. The van der Waals surface area contributed by atoms with Crippen molar-refractivity contribution in [3.8, 4) is 11.5 Å². The third kappa shape index (κ3) is 4.02. The van der Waals surface area contributed by atoms with E-state index in [0.29, 0.717) is 22.1 Å². The molecule has 0 fully saturated rings. The van der Waals surface area contributed by atoms with Crippen molar-refractivity contribution in [3.05, 3.63) is 65.3 Å². The molecule has 0 unspecified atom stereocenters.